The molecule has 1 heterocycles. The summed E-state index contributed by atoms with van der Waals surface area (Å²) >= 11 is 11.9. The highest BCUT2D eigenvalue weighted by Crippen LogP contribution is 2.23. The molecule has 0 spiro atoms. The van der Waals surface area contributed by atoms with Crippen LogP contribution in [0.2, 0.25) is 10.0 Å². The van der Waals surface area contributed by atoms with Crippen LogP contribution < -0.4 is 10.6 Å². The fourth-order valence-corrected chi connectivity index (χ4v) is 3.98. The Hall–Kier alpha value is -2.65. The van der Waals surface area contributed by atoms with Crippen molar-refractivity contribution in [3.05, 3.63) is 33.8 Å². The summed E-state index contributed by atoms with van der Waals surface area (Å²) in [6.07, 6.45) is 0.741. The van der Waals surface area contributed by atoms with Crippen LogP contribution in [0.5, 0.6) is 0 Å². The third-order valence-electron chi connectivity index (χ3n) is 5.32. The summed E-state index contributed by atoms with van der Waals surface area (Å²) in [5.41, 5.74) is 0.633. The maximum atomic E-state index is 13.3. The average molecular weight is 500 g/mol. The van der Waals surface area contributed by atoms with E-state index in [1.165, 1.54) is 4.90 Å². The number of aliphatic carboxylic acids is 1. The van der Waals surface area contributed by atoms with E-state index in [1.807, 2.05) is 0 Å². The van der Waals surface area contributed by atoms with Crippen molar-refractivity contribution >= 4 is 53.2 Å². The van der Waals surface area contributed by atoms with Gasteiger partial charge in [-0.2, -0.15) is 0 Å². The molecule has 1 aromatic rings. The lowest BCUT2D eigenvalue weighted by Gasteiger charge is -2.31. The van der Waals surface area contributed by atoms with Gasteiger partial charge in [-0.15, -0.1) is 0 Å². The molecule has 180 valence electrons. The second-order valence-electron chi connectivity index (χ2n) is 8.25. The van der Waals surface area contributed by atoms with Crippen molar-refractivity contribution in [2.45, 2.75) is 57.7 Å². The maximum absolute atomic E-state index is 13.3. The Morgan fingerprint density at radius 3 is 2.45 bits per heavy atom. The first-order valence-electron chi connectivity index (χ1n) is 10.5. The fraction of sp³-hybridized carbons (Fsp3) is 0.500. The van der Waals surface area contributed by atoms with Gasteiger partial charge in [0.25, 0.3) is 0 Å². The van der Waals surface area contributed by atoms with E-state index in [0.717, 1.165) is 0 Å². The van der Waals surface area contributed by atoms with Gasteiger partial charge in [-0.25, -0.2) is 0 Å². The normalized spacial score (nSPS) is 17.4. The number of hydrogen-bond donors (Lipinski definition) is 3. The highest BCUT2D eigenvalue weighted by Gasteiger charge is 2.39. The zero-order chi connectivity index (χ0) is 24.7. The van der Waals surface area contributed by atoms with Crippen LogP contribution >= 0.6 is 23.2 Å². The molecule has 0 radical (unpaired) electrons. The van der Waals surface area contributed by atoms with Crippen LogP contribution in [0.3, 0.4) is 0 Å². The lowest BCUT2D eigenvalue weighted by Crippen LogP contribution is -2.56. The highest BCUT2D eigenvalue weighted by atomic mass is 35.5. The second kappa shape index (κ2) is 12.0. The molecular formula is C22H27Cl2N3O6. The molecule has 1 aromatic carbocycles. The number of carboxylic acids is 1. The van der Waals surface area contributed by atoms with Crippen molar-refractivity contribution in [1.29, 1.82) is 0 Å². The molecule has 1 aliphatic rings. The number of nitrogens with zero attached hydrogens (tertiary/aromatic N) is 1. The van der Waals surface area contributed by atoms with Crippen molar-refractivity contribution < 1.29 is 29.1 Å². The lowest BCUT2D eigenvalue weighted by atomic mass is 10.0. The molecule has 3 atom stereocenters. The van der Waals surface area contributed by atoms with Crippen molar-refractivity contribution in [3.63, 3.8) is 0 Å². The number of carbonyl (C=O) groups is 5. The van der Waals surface area contributed by atoms with Crippen LogP contribution in [0.4, 0.5) is 0 Å². The molecule has 1 saturated heterocycles. The number of benzene rings is 1. The van der Waals surface area contributed by atoms with Crippen molar-refractivity contribution in [3.8, 4) is 0 Å². The standard InChI is InChI=1S/C22H27Cl2N3O6/c1-12(2)20(26-18(29)9-13-5-6-15(23)16(24)8-13)22(33)27-7-3-4-17(27)21(32)25-14(11-28)10-19(30)31/h5-6,8,11-12,14,17,20H,3-4,7,9-10H2,1-2H3,(H,25,32)(H,26,29)(H,30,31)/t14-,17-,20-/m0/s1. The molecule has 3 amide bonds. The molecule has 0 aromatic heterocycles. The second-order valence-corrected chi connectivity index (χ2v) is 9.07. The van der Waals surface area contributed by atoms with E-state index in [9.17, 15) is 24.0 Å². The summed E-state index contributed by atoms with van der Waals surface area (Å²) in [4.78, 5) is 61.8. The van der Waals surface area contributed by atoms with E-state index < -0.39 is 42.3 Å². The minimum Gasteiger partial charge on any atom is -0.481 e. The smallest absolute Gasteiger partial charge is 0.305 e. The van der Waals surface area contributed by atoms with Crippen LogP contribution in [0.1, 0.15) is 38.7 Å². The fourth-order valence-electron chi connectivity index (χ4n) is 3.65. The van der Waals surface area contributed by atoms with Crippen molar-refractivity contribution in [2.24, 2.45) is 5.92 Å². The van der Waals surface area contributed by atoms with Gasteiger partial charge >= 0.3 is 5.97 Å². The van der Waals surface area contributed by atoms with Gasteiger partial charge in [0.1, 0.15) is 18.4 Å². The van der Waals surface area contributed by atoms with Gasteiger partial charge in [0.05, 0.1) is 28.9 Å². The monoisotopic (exact) mass is 499 g/mol. The summed E-state index contributed by atoms with van der Waals surface area (Å²) in [5.74, 6) is -2.87. The van der Waals surface area contributed by atoms with E-state index >= 15 is 0 Å². The van der Waals surface area contributed by atoms with Crippen LogP contribution in [-0.2, 0) is 30.4 Å². The first-order valence-corrected chi connectivity index (χ1v) is 11.3. The van der Waals surface area contributed by atoms with Gasteiger partial charge in [-0.1, -0.05) is 43.1 Å². The molecular weight excluding hydrogens is 473 g/mol. The Morgan fingerprint density at radius 1 is 1.18 bits per heavy atom. The Bertz CT molecular complexity index is 923. The third kappa shape index (κ3) is 7.43. The summed E-state index contributed by atoms with van der Waals surface area (Å²) < 4.78 is 0. The van der Waals surface area contributed by atoms with Gasteiger partial charge in [-0.05, 0) is 36.5 Å². The van der Waals surface area contributed by atoms with Gasteiger partial charge in [0.15, 0.2) is 0 Å². The van der Waals surface area contributed by atoms with Crippen LogP contribution in [0.15, 0.2) is 18.2 Å². The Balaban J connectivity index is 2.07. The van der Waals surface area contributed by atoms with Gasteiger partial charge in [0.2, 0.25) is 17.7 Å². The topological polar surface area (TPSA) is 133 Å². The predicted molar refractivity (Wildman–Crippen MR) is 122 cm³/mol. The lowest BCUT2D eigenvalue weighted by molar-refractivity contribution is -0.143. The van der Waals surface area contributed by atoms with Crippen LogP contribution in [-0.4, -0.2) is 64.7 Å². The summed E-state index contributed by atoms with van der Waals surface area (Å²) in [6.45, 7) is 3.87. The minimum absolute atomic E-state index is 0.00644. The van der Waals surface area contributed by atoms with Crippen LogP contribution in [0.25, 0.3) is 0 Å². The first kappa shape index (κ1) is 26.6. The molecule has 0 aliphatic carbocycles. The number of carbonyl (C=O) groups excluding carboxylic acids is 4. The number of carboxylic acid groups (broad SMARTS) is 1. The summed E-state index contributed by atoms with van der Waals surface area (Å²) in [7, 11) is 0. The van der Waals surface area contributed by atoms with Gasteiger partial charge < -0.3 is 25.4 Å². The molecule has 2 rings (SSSR count). The SMILES string of the molecule is CC(C)[C@H](NC(=O)Cc1ccc(Cl)c(Cl)c1)C(=O)N1CCC[C@H]1C(=O)N[C@H](C=O)CC(=O)O. The quantitative estimate of drug-likeness (QED) is 0.420. The molecule has 33 heavy (non-hydrogen) atoms. The molecule has 1 fully saturated rings. The number of hydrogen-bond acceptors (Lipinski definition) is 5. The Labute approximate surface area is 201 Å². The number of amides is 3. The van der Waals surface area contributed by atoms with Crippen molar-refractivity contribution in [1.82, 2.24) is 15.5 Å². The zero-order valence-corrected chi connectivity index (χ0v) is 19.9. The highest BCUT2D eigenvalue weighted by molar-refractivity contribution is 6.42. The van der Waals surface area contributed by atoms with E-state index in [4.69, 9.17) is 28.3 Å². The molecule has 0 saturated carbocycles. The number of nitrogens with one attached hydrogen (secondary N) is 2. The minimum atomic E-state index is -1.23. The first-order chi connectivity index (χ1) is 15.5. The van der Waals surface area contributed by atoms with Crippen LogP contribution in [0, 0.1) is 5.92 Å². The molecule has 3 N–H and O–H groups in total. The molecule has 11 heteroatoms. The van der Waals surface area contributed by atoms with E-state index in [0.29, 0.717) is 41.3 Å². The molecule has 0 unspecified atom stereocenters. The summed E-state index contributed by atoms with van der Waals surface area (Å²) in [5, 5.41) is 14.7. The number of likely N-dealkylation sites (tertiary alicyclic amines) is 1. The Kier molecular flexibility index (Phi) is 9.67. The van der Waals surface area contributed by atoms with E-state index in [2.05, 4.69) is 10.6 Å². The van der Waals surface area contributed by atoms with Gasteiger partial charge in [0, 0.05) is 6.54 Å². The molecule has 1 aliphatic heterocycles. The van der Waals surface area contributed by atoms with Crippen molar-refractivity contribution in [2.75, 3.05) is 6.54 Å². The zero-order valence-electron chi connectivity index (χ0n) is 18.3. The molecule has 9 nitrogen and oxygen atoms in total. The largest absolute Gasteiger partial charge is 0.481 e. The van der Waals surface area contributed by atoms with Gasteiger partial charge in [-0.3, -0.25) is 19.2 Å². The summed E-state index contributed by atoms with van der Waals surface area (Å²) in [6, 6.07) is 1.94. The Morgan fingerprint density at radius 2 is 1.88 bits per heavy atom. The number of aldehydes is 1. The van der Waals surface area contributed by atoms with E-state index in [1.54, 1.807) is 32.0 Å². The predicted octanol–water partition coefficient (Wildman–Crippen LogP) is 1.83. The average Bonchev–Trinajstić information content (AvgIpc) is 3.23. The number of rotatable bonds is 10. The number of halogens is 2. The third-order valence-corrected chi connectivity index (χ3v) is 6.06. The molecule has 0 bridgehead atoms. The van der Waals surface area contributed by atoms with E-state index in [-0.39, 0.29) is 18.2 Å². The maximum Gasteiger partial charge on any atom is 0.305 e.